The second kappa shape index (κ2) is 6.45. The van der Waals surface area contributed by atoms with E-state index < -0.39 is 0 Å². The van der Waals surface area contributed by atoms with E-state index in [-0.39, 0.29) is 5.91 Å². The number of furan rings is 1. The van der Waals surface area contributed by atoms with Crippen LogP contribution in [0.4, 0.5) is 0 Å². The maximum absolute atomic E-state index is 11.6. The summed E-state index contributed by atoms with van der Waals surface area (Å²) in [5, 5.41) is 6.18. The zero-order chi connectivity index (χ0) is 11.9. The quantitative estimate of drug-likeness (QED) is 0.820. The van der Waals surface area contributed by atoms with Gasteiger partial charge in [-0.15, -0.1) is 0 Å². The first-order valence-electron chi connectivity index (χ1n) is 6.36. The molecule has 0 unspecified atom stereocenters. The highest BCUT2D eigenvalue weighted by Gasteiger charge is 2.14. The summed E-state index contributed by atoms with van der Waals surface area (Å²) in [7, 11) is 0. The molecule has 1 aliphatic rings. The molecule has 0 saturated heterocycles. The normalized spacial score (nSPS) is 16.9. The molecule has 0 atom stereocenters. The molecule has 0 aromatic carbocycles. The molecule has 4 nitrogen and oxygen atoms in total. The lowest BCUT2D eigenvalue weighted by molar-refractivity contribution is -0.121. The van der Waals surface area contributed by atoms with Crippen LogP contribution in [0.15, 0.2) is 23.0 Å². The molecule has 1 aromatic heterocycles. The second-order valence-corrected chi connectivity index (χ2v) is 4.64. The van der Waals surface area contributed by atoms with Crippen LogP contribution in [-0.4, -0.2) is 18.5 Å². The van der Waals surface area contributed by atoms with Crippen LogP contribution < -0.4 is 10.6 Å². The van der Waals surface area contributed by atoms with Crippen molar-refractivity contribution in [2.24, 2.45) is 0 Å². The summed E-state index contributed by atoms with van der Waals surface area (Å²) in [6.07, 6.45) is 9.39. The van der Waals surface area contributed by atoms with Crippen molar-refractivity contribution in [3.63, 3.8) is 0 Å². The van der Waals surface area contributed by atoms with Gasteiger partial charge in [0.25, 0.3) is 0 Å². The molecule has 1 heterocycles. The Hall–Kier alpha value is -1.29. The molecule has 2 N–H and O–H groups in total. The van der Waals surface area contributed by atoms with Crippen molar-refractivity contribution in [2.45, 2.75) is 44.7 Å². The predicted octanol–water partition coefficient (Wildman–Crippen LogP) is 1.82. The number of amides is 1. The Balaban J connectivity index is 1.60. The van der Waals surface area contributed by atoms with Gasteiger partial charge in [0.05, 0.1) is 19.1 Å². The molecular weight excluding hydrogens is 216 g/mol. The number of hydrogen-bond donors (Lipinski definition) is 2. The molecule has 1 amide bonds. The van der Waals surface area contributed by atoms with Gasteiger partial charge in [0, 0.05) is 18.2 Å². The zero-order valence-corrected chi connectivity index (χ0v) is 10.1. The Morgan fingerprint density at radius 3 is 2.88 bits per heavy atom. The van der Waals surface area contributed by atoms with Crippen LogP contribution >= 0.6 is 0 Å². The SMILES string of the molecule is O=C(CNCc1ccoc1)NC1CCCCC1. The Morgan fingerprint density at radius 1 is 1.35 bits per heavy atom. The Morgan fingerprint density at radius 2 is 2.18 bits per heavy atom. The number of carbonyl (C=O) groups is 1. The number of carbonyl (C=O) groups excluding carboxylic acids is 1. The van der Waals surface area contributed by atoms with E-state index in [4.69, 9.17) is 4.42 Å². The minimum Gasteiger partial charge on any atom is -0.472 e. The molecular formula is C13H20N2O2. The van der Waals surface area contributed by atoms with Crippen molar-refractivity contribution in [1.82, 2.24) is 10.6 Å². The molecule has 0 bridgehead atoms. The Bertz CT molecular complexity index is 329. The van der Waals surface area contributed by atoms with Crippen molar-refractivity contribution in [3.8, 4) is 0 Å². The molecule has 1 saturated carbocycles. The van der Waals surface area contributed by atoms with Gasteiger partial charge >= 0.3 is 0 Å². The van der Waals surface area contributed by atoms with Crippen LogP contribution in [-0.2, 0) is 11.3 Å². The van der Waals surface area contributed by atoms with Crippen LogP contribution in [0.1, 0.15) is 37.7 Å². The predicted molar refractivity (Wildman–Crippen MR) is 65.4 cm³/mol. The average Bonchev–Trinajstić information content (AvgIpc) is 2.83. The van der Waals surface area contributed by atoms with Gasteiger partial charge in [-0.2, -0.15) is 0 Å². The number of hydrogen-bond acceptors (Lipinski definition) is 3. The van der Waals surface area contributed by atoms with E-state index >= 15 is 0 Å². The standard InChI is InChI=1S/C13H20N2O2/c16-13(15-12-4-2-1-3-5-12)9-14-8-11-6-7-17-10-11/h6-7,10,12,14H,1-5,8-9H2,(H,15,16). The van der Waals surface area contributed by atoms with Crippen molar-refractivity contribution >= 4 is 5.91 Å². The first kappa shape index (κ1) is 12.2. The summed E-state index contributed by atoms with van der Waals surface area (Å²) < 4.78 is 4.95. The van der Waals surface area contributed by atoms with Gasteiger partial charge in [-0.25, -0.2) is 0 Å². The third-order valence-electron chi connectivity index (χ3n) is 3.17. The topological polar surface area (TPSA) is 54.3 Å². The summed E-state index contributed by atoms with van der Waals surface area (Å²) in [6, 6.07) is 2.29. The smallest absolute Gasteiger partial charge is 0.234 e. The lowest BCUT2D eigenvalue weighted by atomic mass is 9.95. The maximum atomic E-state index is 11.6. The monoisotopic (exact) mass is 236 g/mol. The summed E-state index contributed by atoms with van der Waals surface area (Å²) in [4.78, 5) is 11.6. The molecule has 2 rings (SSSR count). The second-order valence-electron chi connectivity index (χ2n) is 4.64. The molecule has 0 aliphatic heterocycles. The van der Waals surface area contributed by atoms with E-state index in [9.17, 15) is 4.79 Å². The van der Waals surface area contributed by atoms with Crippen LogP contribution in [0.5, 0.6) is 0 Å². The van der Waals surface area contributed by atoms with E-state index in [2.05, 4.69) is 10.6 Å². The van der Waals surface area contributed by atoms with Crippen LogP contribution in [0.25, 0.3) is 0 Å². The minimum absolute atomic E-state index is 0.0976. The molecule has 1 aliphatic carbocycles. The van der Waals surface area contributed by atoms with E-state index in [1.165, 1.54) is 19.3 Å². The molecule has 0 radical (unpaired) electrons. The fourth-order valence-corrected chi connectivity index (χ4v) is 2.24. The van der Waals surface area contributed by atoms with E-state index in [1.54, 1.807) is 12.5 Å². The molecule has 17 heavy (non-hydrogen) atoms. The lowest BCUT2D eigenvalue weighted by Gasteiger charge is -2.22. The fourth-order valence-electron chi connectivity index (χ4n) is 2.24. The van der Waals surface area contributed by atoms with Crippen LogP contribution in [0, 0.1) is 0 Å². The van der Waals surface area contributed by atoms with Gasteiger partial charge in [-0.1, -0.05) is 19.3 Å². The van der Waals surface area contributed by atoms with Gasteiger partial charge in [-0.3, -0.25) is 4.79 Å². The van der Waals surface area contributed by atoms with Gasteiger partial charge < -0.3 is 15.1 Å². The molecule has 94 valence electrons. The summed E-state index contributed by atoms with van der Waals surface area (Å²) in [5.74, 6) is 0.0976. The summed E-state index contributed by atoms with van der Waals surface area (Å²) in [6.45, 7) is 1.05. The van der Waals surface area contributed by atoms with E-state index in [0.29, 0.717) is 19.1 Å². The van der Waals surface area contributed by atoms with Gasteiger partial charge in [0.2, 0.25) is 5.91 Å². The minimum atomic E-state index is 0.0976. The summed E-state index contributed by atoms with van der Waals surface area (Å²) >= 11 is 0. The van der Waals surface area contributed by atoms with Gasteiger partial charge in [0.15, 0.2) is 0 Å². The van der Waals surface area contributed by atoms with Gasteiger partial charge in [0.1, 0.15) is 0 Å². The highest BCUT2D eigenvalue weighted by atomic mass is 16.3. The van der Waals surface area contributed by atoms with E-state index in [0.717, 1.165) is 18.4 Å². The Kier molecular flexibility index (Phi) is 4.62. The number of rotatable bonds is 5. The highest BCUT2D eigenvalue weighted by Crippen LogP contribution is 2.17. The molecule has 1 aromatic rings. The average molecular weight is 236 g/mol. The highest BCUT2D eigenvalue weighted by molar-refractivity contribution is 5.78. The van der Waals surface area contributed by atoms with Gasteiger partial charge in [-0.05, 0) is 18.9 Å². The summed E-state index contributed by atoms with van der Waals surface area (Å²) in [5.41, 5.74) is 1.07. The van der Waals surface area contributed by atoms with Crippen LogP contribution in [0.3, 0.4) is 0 Å². The first-order chi connectivity index (χ1) is 8.34. The third-order valence-corrected chi connectivity index (χ3v) is 3.17. The fraction of sp³-hybridized carbons (Fsp3) is 0.615. The largest absolute Gasteiger partial charge is 0.472 e. The van der Waals surface area contributed by atoms with Crippen molar-refractivity contribution in [3.05, 3.63) is 24.2 Å². The van der Waals surface area contributed by atoms with Crippen molar-refractivity contribution in [2.75, 3.05) is 6.54 Å². The maximum Gasteiger partial charge on any atom is 0.234 e. The van der Waals surface area contributed by atoms with Crippen molar-refractivity contribution in [1.29, 1.82) is 0 Å². The van der Waals surface area contributed by atoms with Crippen LogP contribution in [0.2, 0.25) is 0 Å². The molecule has 4 heteroatoms. The molecule has 1 fully saturated rings. The zero-order valence-electron chi connectivity index (χ0n) is 10.1. The van der Waals surface area contributed by atoms with E-state index in [1.807, 2.05) is 6.07 Å². The third kappa shape index (κ3) is 4.23. The Labute approximate surface area is 102 Å². The lowest BCUT2D eigenvalue weighted by Crippen LogP contribution is -2.41. The molecule has 0 spiro atoms. The van der Waals surface area contributed by atoms with Crippen molar-refractivity contribution < 1.29 is 9.21 Å². The number of nitrogens with one attached hydrogen (secondary N) is 2. The first-order valence-corrected chi connectivity index (χ1v) is 6.36.